The molecule has 8 rings (SSSR count). The van der Waals surface area contributed by atoms with Crippen LogP contribution >= 0.6 is 0 Å². The molecular weight excluding hydrogens is 681 g/mol. The normalized spacial score (nSPS) is 16.0. The first-order chi connectivity index (χ1) is 25.7. The second kappa shape index (κ2) is 13.7. The third-order valence-electron chi connectivity index (χ3n) is 9.71. The number of nitrogens with one attached hydrogen (secondary N) is 4. The fourth-order valence-electron chi connectivity index (χ4n) is 6.79. The molecule has 4 heterocycles. The van der Waals surface area contributed by atoms with Crippen LogP contribution in [0.25, 0.3) is 55.6 Å². The maximum atomic E-state index is 12.7. The van der Waals surface area contributed by atoms with Crippen LogP contribution in [0.1, 0.15) is 104 Å². The zero-order chi connectivity index (χ0) is 37.8. The molecule has 4 N–H and O–H groups in total. The number of nitrogens with zero attached hydrogens (tertiary/aromatic N) is 4. The zero-order valence-corrected chi connectivity index (χ0v) is 31.7. The highest BCUT2D eigenvalue weighted by Crippen LogP contribution is 2.39. The number of H-pyrrole nitrogens is 2. The van der Waals surface area contributed by atoms with Crippen LogP contribution in [0.2, 0.25) is 0 Å². The molecule has 0 aliphatic heterocycles. The summed E-state index contributed by atoms with van der Waals surface area (Å²) in [7, 11) is 0. The van der Waals surface area contributed by atoms with Crippen LogP contribution < -0.4 is 10.6 Å². The van der Waals surface area contributed by atoms with E-state index in [-0.39, 0.29) is 12.1 Å². The number of carbonyl (C=O) groups excluding carboxylic acids is 2. The Bertz CT molecular complexity index is 2190. The largest absolute Gasteiger partial charge is 0.444 e. The van der Waals surface area contributed by atoms with Gasteiger partial charge in [0, 0.05) is 11.1 Å². The zero-order valence-electron chi connectivity index (χ0n) is 31.7. The summed E-state index contributed by atoms with van der Waals surface area (Å²) in [4.78, 5) is 51.9. The summed E-state index contributed by atoms with van der Waals surface area (Å²) >= 11 is 0. The molecule has 2 saturated carbocycles. The molecular formula is C42H48N8O4. The van der Waals surface area contributed by atoms with E-state index in [4.69, 9.17) is 29.4 Å². The third-order valence-corrected chi connectivity index (χ3v) is 9.71. The van der Waals surface area contributed by atoms with E-state index in [0.29, 0.717) is 11.8 Å². The molecule has 2 aromatic carbocycles. The van der Waals surface area contributed by atoms with Crippen LogP contribution in [0, 0.1) is 11.8 Å². The van der Waals surface area contributed by atoms with Crippen molar-refractivity contribution in [1.29, 1.82) is 0 Å². The molecule has 280 valence electrons. The van der Waals surface area contributed by atoms with Crippen molar-refractivity contribution in [2.75, 3.05) is 0 Å². The molecule has 0 saturated heterocycles. The summed E-state index contributed by atoms with van der Waals surface area (Å²) in [5, 5.41) is 6.08. The molecule has 2 amide bonds. The summed E-state index contributed by atoms with van der Waals surface area (Å²) in [6.45, 7) is 11.2. The Morgan fingerprint density at radius 3 is 1.37 bits per heavy atom. The molecule has 2 aliphatic carbocycles. The molecule has 54 heavy (non-hydrogen) atoms. The lowest BCUT2D eigenvalue weighted by molar-refractivity contribution is 0.0485. The van der Waals surface area contributed by atoms with Crippen LogP contribution in [0.15, 0.2) is 60.7 Å². The number of pyridine rings is 2. The number of ether oxygens (including phenoxy) is 2. The van der Waals surface area contributed by atoms with Crippen LogP contribution in [0.5, 0.6) is 0 Å². The van der Waals surface area contributed by atoms with Crippen molar-refractivity contribution in [3.8, 4) is 22.5 Å². The molecule has 2 atom stereocenters. The van der Waals surface area contributed by atoms with E-state index in [1.54, 1.807) is 0 Å². The molecule has 12 nitrogen and oxygen atoms in total. The van der Waals surface area contributed by atoms with Gasteiger partial charge in [0.15, 0.2) is 0 Å². The first-order valence-corrected chi connectivity index (χ1v) is 19.0. The van der Waals surface area contributed by atoms with Gasteiger partial charge in [-0.1, -0.05) is 37.8 Å². The molecule has 2 aliphatic rings. The fourth-order valence-corrected chi connectivity index (χ4v) is 6.79. The number of fused-ring (bicyclic) bond motifs is 3. The molecule has 0 bridgehead atoms. The highest BCUT2D eigenvalue weighted by atomic mass is 16.6. The van der Waals surface area contributed by atoms with E-state index in [1.807, 2.05) is 90.1 Å². The van der Waals surface area contributed by atoms with E-state index in [0.717, 1.165) is 80.1 Å². The summed E-state index contributed by atoms with van der Waals surface area (Å²) in [6, 6.07) is 19.6. The van der Waals surface area contributed by atoms with Crippen molar-refractivity contribution in [3.05, 3.63) is 72.3 Å². The Morgan fingerprint density at radius 2 is 1.00 bits per heavy atom. The highest BCUT2D eigenvalue weighted by molar-refractivity contribution is 5.86. The number of carbonyl (C=O) groups is 2. The van der Waals surface area contributed by atoms with Gasteiger partial charge in [0.2, 0.25) is 0 Å². The quantitative estimate of drug-likeness (QED) is 0.109. The Labute approximate surface area is 314 Å². The smallest absolute Gasteiger partial charge is 0.408 e. The Balaban J connectivity index is 1.01. The van der Waals surface area contributed by atoms with Gasteiger partial charge in [-0.2, -0.15) is 0 Å². The lowest BCUT2D eigenvalue weighted by atomic mass is 10.1. The van der Waals surface area contributed by atoms with E-state index < -0.39 is 23.4 Å². The van der Waals surface area contributed by atoms with Crippen molar-refractivity contribution in [3.63, 3.8) is 0 Å². The highest BCUT2D eigenvalue weighted by Gasteiger charge is 2.32. The number of benzene rings is 2. The van der Waals surface area contributed by atoms with Crippen LogP contribution in [-0.4, -0.2) is 53.3 Å². The standard InChI is InChI=1S/C42H48N8O4/c1-41(2,3)53-39(51)49-35(19-23-7-8-23)37-45-31-13-11-25(21-33(31)47-37)27-15-17-30-29(43-27)18-16-28(44-30)26-12-14-32-34(22-26)48-38(46-32)36(20-24-9-10-24)50-40(52)54-42(4,5)6/h11-18,21-24,35-36H,7-10,19-20H2,1-6H3,(H,45,47)(H,46,48)(H,49,51)(H,50,52)/t35-,36-/m0/s1. The Morgan fingerprint density at radius 1 is 0.611 bits per heavy atom. The van der Waals surface area contributed by atoms with Gasteiger partial charge in [-0.25, -0.2) is 29.5 Å². The second-order valence-corrected chi connectivity index (χ2v) is 16.9. The molecule has 0 radical (unpaired) electrons. The van der Waals surface area contributed by atoms with Gasteiger partial charge in [-0.05, 0) is 115 Å². The van der Waals surface area contributed by atoms with Crippen molar-refractivity contribution in [1.82, 2.24) is 40.5 Å². The van der Waals surface area contributed by atoms with Gasteiger partial charge < -0.3 is 30.1 Å². The first-order valence-electron chi connectivity index (χ1n) is 19.0. The minimum Gasteiger partial charge on any atom is -0.444 e. The summed E-state index contributed by atoms with van der Waals surface area (Å²) in [6.07, 6.45) is 5.42. The minimum absolute atomic E-state index is 0.260. The molecule has 2 fully saturated rings. The molecule has 0 spiro atoms. The Kier molecular flexibility index (Phi) is 9.02. The van der Waals surface area contributed by atoms with E-state index >= 15 is 0 Å². The SMILES string of the molecule is CC(C)(C)OC(=O)N[C@@H](CC1CC1)c1nc2ccc(-c3ccc4nc(-c5ccc6nc([C@H](CC7CC7)NC(=O)OC(C)(C)C)[nH]c6c5)ccc4n3)cc2[nH]1. The molecule has 12 heteroatoms. The first kappa shape index (κ1) is 35.5. The topological polar surface area (TPSA) is 160 Å². The van der Waals surface area contributed by atoms with Gasteiger partial charge >= 0.3 is 12.2 Å². The summed E-state index contributed by atoms with van der Waals surface area (Å²) < 4.78 is 11.1. The number of aromatic amines is 2. The number of amides is 2. The molecule has 4 aromatic heterocycles. The number of rotatable bonds is 10. The van der Waals surface area contributed by atoms with Crippen LogP contribution in [0.4, 0.5) is 9.59 Å². The maximum absolute atomic E-state index is 12.7. The van der Waals surface area contributed by atoms with Crippen LogP contribution in [-0.2, 0) is 9.47 Å². The number of hydrogen-bond donors (Lipinski definition) is 4. The third kappa shape index (κ3) is 8.48. The predicted molar refractivity (Wildman–Crippen MR) is 209 cm³/mol. The van der Waals surface area contributed by atoms with Crippen molar-refractivity contribution in [2.24, 2.45) is 11.8 Å². The number of aromatic nitrogens is 6. The molecule has 6 aromatic rings. The average molecular weight is 729 g/mol. The predicted octanol–water partition coefficient (Wildman–Crippen LogP) is 9.45. The van der Waals surface area contributed by atoms with E-state index in [9.17, 15) is 9.59 Å². The summed E-state index contributed by atoms with van der Waals surface area (Å²) in [5.74, 6) is 2.61. The Hall–Kier alpha value is -5.52. The van der Waals surface area contributed by atoms with Crippen molar-refractivity contribution < 1.29 is 19.1 Å². The van der Waals surface area contributed by atoms with Gasteiger partial charge in [0.25, 0.3) is 0 Å². The maximum Gasteiger partial charge on any atom is 0.408 e. The van der Waals surface area contributed by atoms with Gasteiger partial charge in [0.1, 0.15) is 22.9 Å². The van der Waals surface area contributed by atoms with E-state index in [1.165, 1.54) is 25.7 Å². The lowest BCUT2D eigenvalue weighted by Gasteiger charge is -2.22. The number of alkyl carbamates (subject to hydrolysis) is 2. The van der Waals surface area contributed by atoms with Crippen molar-refractivity contribution in [2.45, 2.75) is 103 Å². The number of hydrogen-bond acceptors (Lipinski definition) is 8. The van der Waals surface area contributed by atoms with Gasteiger partial charge in [-0.15, -0.1) is 0 Å². The fraction of sp³-hybridized carbons (Fsp3) is 0.429. The summed E-state index contributed by atoms with van der Waals surface area (Å²) in [5.41, 5.74) is 7.36. The van der Waals surface area contributed by atoms with Gasteiger partial charge in [-0.3, -0.25) is 0 Å². The van der Waals surface area contributed by atoms with Gasteiger partial charge in [0.05, 0.1) is 56.6 Å². The number of imidazole rings is 2. The second-order valence-electron chi connectivity index (χ2n) is 16.9. The minimum atomic E-state index is -0.580. The lowest BCUT2D eigenvalue weighted by Crippen LogP contribution is -2.35. The average Bonchev–Trinajstić information content (AvgIpc) is 4.02. The van der Waals surface area contributed by atoms with Crippen LogP contribution in [0.3, 0.4) is 0 Å². The molecule has 0 unspecified atom stereocenters. The van der Waals surface area contributed by atoms with E-state index in [2.05, 4.69) is 32.7 Å². The monoisotopic (exact) mass is 728 g/mol. The van der Waals surface area contributed by atoms with Crippen molar-refractivity contribution >= 4 is 45.3 Å².